The Kier molecular flexibility index (Phi) is 6.10. The Morgan fingerprint density at radius 1 is 0.917 bits per heavy atom. The van der Waals surface area contributed by atoms with E-state index in [1.54, 1.807) is 12.4 Å². The maximum absolute atomic E-state index is 12.2. The molecule has 0 spiro atoms. The summed E-state index contributed by atoms with van der Waals surface area (Å²) in [4.78, 5) is 21.0. The number of ketones is 1. The summed E-state index contributed by atoms with van der Waals surface area (Å²) in [5, 5.41) is 0. The highest BCUT2D eigenvalue weighted by atomic mass is 16.1. The number of Topliss-reactive ketones (excluding diaryl/α,β-unsaturated/α-hetero) is 1. The molecule has 4 heteroatoms. The van der Waals surface area contributed by atoms with Crippen molar-refractivity contribution < 1.29 is 4.79 Å². The molecule has 0 aliphatic carbocycles. The molecule has 126 valence electrons. The van der Waals surface area contributed by atoms with E-state index < -0.39 is 0 Å². The summed E-state index contributed by atoms with van der Waals surface area (Å²) >= 11 is 0. The number of hydrogen-bond acceptors (Lipinski definition) is 4. The van der Waals surface area contributed by atoms with Crippen LogP contribution in [0.4, 0.5) is 0 Å². The van der Waals surface area contributed by atoms with Gasteiger partial charge >= 0.3 is 0 Å². The first kappa shape index (κ1) is 16.8. The third-order valence-electron chi connectivity index (χ3n) is 4.55. The molecule has 1 aromatic heterocycles. The van der Waals surface area contributed by atoms with Crippen molar-refractivity contribution in [3.05, 3.63) is 66.0 Å². The fourth-order valence-electron chi connectivity index (χ4n) is 3.14. The van der Waals surface area contributed by atoms with Crippen LogP contribution in [0.1, 0.15) is 11.1 Å². The second-order valence-corrected chi connectivity index (χ2v) is 6.43. The molecule has 1 fully saturated rings. The second kappa shape index (κ2) is 8.71. The van der Waals surface area contributed by atoms with Gasteiger partial charge in [-0.25, -0.2) is 0 Å². The summed E-state index contributed by atoms with van der Waals surface area (Å²) < 4.78 is 0. The minimum atomic E-state index is 0.278. The van der Waals surface area contributed by atoms with Crippen LogP contribution in [0.25, 0.3) is 0 Å². The summed E-state index contributed by atoms with van der Waals surface area (Å²) in [6.07, 6.45) is 5.10. The molecule has 0 saturated carbocycles. The van der Waals surface area contributed by atoms with Gasteiger partial charge in [-0.1, -0.05) is 36.4 Å². The predicted octanol–water partition coefficient (Wildman–Crippen LogP) is 2.05. The predicted molar refractivity (Wildman–Crippen MR) is 96.0 cm³/mol. The van der Waals surface area contributed by atoms with Crippen molar-refractivity contribution in [2.24, 2.45) is 0 Å². The van der Waals surface area contributed by atoms with Crippen molar-refractivity contribution in [2.75, 3.05) is 39.3 Å². The van der Waals surface area contributed by atoms with Gasteiger partial charge in [0.1, 0.15) is 0 Å². The Balaban J connectivity index is 1.36. The van der Waals surface area contributed by atoms with Crippen molar-refractivity contribution in [3.8, 4) is 0 Å². The zero-order valence-corrected chi connectivity index (χ0v) is 14.1. The van der Waals surface area contributed by atoms with Crippen molar-refractivity contribution in [1.82, 2.24) is 14.8 Å². The Morgan fingerprint density at radius 3 is 2.33 bits per heavy atom. The van der Waals surface area contributed by atoms with Gasteiger partial charge in [-0.15, -0.1) is 0 Å². The Bertz CT molecular complexity index is 622. The lowest BCUT2D eigenvalue weighted by Gasteiger charge is -2.34. The number of hydrogen-bond donors (Lipinski definition) is 0. The van der Waals surface area contributed by atoms with Crippen LogP contribution in [0, 0.1) is 0 Å². The van der Waals surface area contributed by atoms with Crippen LogP contribution in [0.2, 0.25) is 0 Å². The molecule has 2 heterocycles. The minimum Gasteiger partial charge on any atom is -0.300 e. The van der Waals surface area contributed by atoms with Gasteiger partial charge in [-0.3, -0.25) is 14.7 Å². The lowest BCUT2D eigenvalue weighted by Crippen LogP contribution is -2.48. The van der Waals surface area contributed by atoms with Crippen molar-refractivity contribution >= 4 is 5.78 Å². The molecule has 1 aliphatic rings. The number of rotatable bonds is 7. The largest absolute Gasteiger partial charge is 0.300 e. The monoisotopic (exact) mass is 323 g/mol. The zero-order valence-electron chi connectivity index (χ0n) is 14.1. The molecule has 3 rings (SSSR count). The molecule has 0 unspecified atom stereocenters. The highest BCUT2D eigenvalue weighted by Gasteiger charge is 2.18. The molecule has 0 amide bonds. The molecule has 0 bridgehead atoms. The van der Waals surface area contributed by atoms with Gasteiger partial charge in [0.2, 0.25) is 0 Å². The van der Waals surface area contributed by atoms with Gasteiger partial charge in [0.15, 0.2) is 5.78 Å². The maximum atomic E-state index is 12.2. The minimum absolute atomic E-state index is 0.278. The summed E-state index contributed by atoms with van der Waals surface area (Å²) in [6, 6.07) is 14.5. The number of piperazine rings is 1. The van der Waals surface area contributed by atoms with Crippen molar-refractivity contribution in [3.63, 3.8) is 0 Å². The smallest absolute Gasteiger partial charge is 0.151 e. The molecule has 1 aliphatic heterocycles. The number of benzene rings is 1. The molecule has 0 N–H and O–H groups in total. The lowest BCUT2D eigenvalue weighted by molar-refractivity contribution is -0.120. The second-order valence-electron chi connectivity index (χ2n) is 6.43. The van der Waals surface area contributed by atoms with E-state index in [0.29, 0.717) is 13.0 Å². The van der Waals surface area contributed by atoms with E-state index in [1.807, 2.05) is 12.1 Å². The van der Waals surface area contributed by atoms with E-state index >= 15 is 0 Å². The Labute approximate surface area is 144 Å². The van der Waals surface area contributed by atoms with Crippen LogP contribution < -0.4 is 0 Å². The molecule has 2 aromatic rings. The number of carbonyl (C=O) groups excluding carboxylic acids is 1. The van der Waals surface area contributed by atoms with Gasteiger partial charge < -0.3 is 4.90 Å². The van der Waals surface area contributed by atoms with Crippen LogP contribution in [0.5, 0.6) is 0 Å². The third-order valence-corrected chi connectivity index (χ3v) is 4.55. The topological polar surface area (TPSA) is 36.4 Å². The van der Waals surface area contributed by atoms with Crippen LogP contribution in [-0.4, -0.2) is 59.8 Å². The van der Waals surface area contributed by atoms with Crippen LogP contribution >= 0.6 is 0 Å². The van der Waals surface area contributed by atoms with E-state index in [0.717, 1.165) is 44.7 Å². The van der Waals surface area contributed by atoms with E-state index in [1.165, 1.54) is 5.56 Å². The SMILES string of the molecule is O=C(Cc1cccnc1)CN1CCN(CCc2ccccc2)CC1. The molecule has 1 aromatic carbocycles. The average molecular weight is 323 g/mol. The van der Waals surface area contributed by atoms with Crippen molar-refractivity contribution in [2.45, 2.75) is 12.8 Å². The first-order valence-electron chi connectivity index (χ1n) is 8.69. The summed E-state index contributed by atoms with van der Waals surface area (Å²) in [5.41, 5.74) is 2.40. The molecule has 4 nitrogen and oxygen atoms in total. The highest BCUT2D eigenvalue weighted by Crippen LogP contribution is 2.06. The zero-order chi connectivity index (χ0) is 16.6. The van der Waals surface area contributed by atoms with Gasteiger partial charge in [0, 0.05) is 51.5 Å². The fourth-order valence-corrected chi connectivity index (χ4v) is 3.14. The van der Waals surface area contributed by atoms with Crippen molar-refractivity contribution in [1.29, 1.82) is 0 Å². The highest BCUT2D eigenvalue weighted by molar-refractivity contribution is 5.82. The summed E-state index contributed by atoms with van der Waals surface area (Å²) in [5.74, 6) is 0.278. The van der Waals surface area contributed by atoms with Crippen LogP contribution in [0.3, 0.4) is 0 Å². The number of nitrogens with zero attached hydrogens (tertiary/aromatic N) is 3. The summed E-state index contributed by atoms with van der Waals surface area (Å²) in [6.45, 7) is 5.71. The van der Waals surface area contributed by atoms with E-state index in [2.05, 4.69) is 45.1 Å². The average Bonchev–Trinajstić information content (AvgIpc) is 2.63. The first-order valence-corrected chi connectivity index (χ1v) is 8.69. The van der Waals surface area contributed by atoms with E-state index in [4.69, 9.17) is 0 Å². The normalized spacial score (nSPS) is 16.2. The maximum Gasteiger partial charge on any atom is 0.151 e. The van der Waals surface area contributed by atoms with Crippen LogP contribution in [0.15, 0.2) is 54.9 Å². The molecule has 1 saturated heterocycles. The van der Waals surface area contributed by atoms with Crippen LogP contribution in [-0.2, 0) is 17.6 Å². The lowest BCUT2D eigenvalue weighted by atomic mass is 10.1. The number of aromatic nitrogens is 1. The first-order chi connectivity index (χ1) is 11.8. The molecular formula is C20H25N3O. The standard InChI is InChI=1S/C20H25N3O/c24-20(15-19-7-4-9-21-16-19)17-23-13-11-22(12-14-23)10-8-18-5-2-1-3-6-18/h1-7,9,16H,8,10-15,17H2. The van der Waals surface area contributed by atoms with E-state index in [-0.39, 0.29) is 5.78 Å². The van der Waals surface area contributed by atoms with E-state index in [9.17, 15) is 4.79 Å². The molecule has 0 atom stereocenters. The Hall–Kier alpha value is -2.04. The third kappa shape index (κ3) is 5.25. The number of pyridine rings is 1. The summed E-state index contributed by atoms with van der Waals surface area (Å²) in [7, 11) is 0. The quantitative estimate of drug-likeness (QED) is 0.781. The van der Waals surface area contributed by atoms with Gasteiger partial charge in [0.05, 0.1) is 6.54 Å². The molecule has 0 radical (unpaired) electrons. The van der Waals surface area contributed by atoms with Gasteiger partial charge in [-0.2, -0.15) is 0 Å². The number of carbonyl (C=O) groups is 1. The Morgan fingerprint density at radius 2 is 1.62 bits per heavy atom. The molecular weight excluding hydrogens is 298 g/mol. The van der Waals surface area contributed by atoms with Gasteiger partial charge in [0.25, 0.3) is 0 Å². The molecule has 24 heavy (non-hydrogen) atoms. The van der Waals surface area contributed by atoms with Gasteiger partial charge in [-0.05, 0) is 23.6 Å². The fraction of sp³-hybridized carbons (Fsp3) is 0.400.